The summed E-state index contributed by atoms with van der Waals surface area (Å²) >= 11 is 1.49. The van der Waals surface area contributed by atoms with Crippen LogP contribution < -0.4 is 0 Å². The van der Waals surface area contributed by atoms with Crippen molar-refractivity contribution in [2.45, 2.75) is 24.8 Å². The minimum absolute atomic E-state index is 0.00381. The number of pyridine rings is 1. The molecule has 17 heavy (non-hydrogen) atoms. The molecule has 0 saturated carbocycles. The van der Waals surface area contributed by atoms with E-state index >= 15 is 0 Å². The first kappa shape index (κ1) is 14.0. The minimum Gasteiger partial charge on any atom is -0.395 e. The molecule has 5 heteroatoms. The van der Waals surface area contributed by atoms with Crippen LogP contribution in [0.5, 0.6) is 0 Å². The summed E-state index contributed by atoms with van der Waals surface area (Å²) in [6, 6.07) is 3.88. The quantitative estimate of drug-likeness (QED) is 0.780. The summed E-state index contributed by atoms with van der Waals surface area (Å²) in [5.74, 6) is 0.443. The monoisotopic (exact) mass is 254 g/mol. The Morgan fingerprint density at radius 3 is 2.65 bits per heavy atom. The van der Waals surface area contributed by atoms with Crippen LogP contribution in [0.25, 0.3) is 0 Å². The molecule has 1 aromatic heterocycles. The minimum atomic E-state index is 0.00381. The van der Waals surface area contributed by atoms with Crippen molar-refractivity contribution in [2.24, 2.45) is 0 Å². The number of aromatic nitrogens is 1. The Labute approximate surface area is 106 Å². The predicted octanol–water partition coefficient (Wildman–Crippen LogP) is 1.40. The number of amides is 1. The van der Waals surface area contributed by atoms with E-state index in [1.165, 1.54) is 11.8 Å². The second kappa shape index (κ2) is 7.29. The van der Waals surface area contributed by atoms with Gasteiger partial charge in [-0.05, 0) is 26.0 Å². The standard InChI is InChI=1S/C12H18N2O2S/c1-10(2)14(7-8-15)12(16)9-17-11-3-5-13-6-4-11/h3-6,10,15H,7-9H2,1-2H3. The summed E-state index contributed by atoms with van der Waals surface area (Å²) in [6.45, 7) is 4.30. The van der Waals surface area contributed by atoms with Gasteiger partial charge in [0.1, 0.15) is 0 Å². The van der Waals surface area contributed by atoms with Gasteiger partial charge < -0.3 is 10.0 Å². The van der Waals surface area contributed by atoms with Gasteiger partial charge in [0.15, 0.2) is 0 Å². The SMILES string of the molecule is CC(C)N(CCO)C(=O)CSc1ccncc1. The summed E-state index contributed by atoms with van der Waals surface area (Å²) in [6.07, 6.45) is 3.42. The van der Waals surface area contributed by atoms with Crippen molar-refractivity contribution in [3.63, 3.8) is 0 Å². The lowest BCUT2D eigenvalue weighted by atomic mass is 10.3. The average Bonchev–Trinajstić information content (AvgIpc) is 2.34. The van der Waals surface area contributed by atoms with Crippen LogP contribution in [-0.2, 0) is 4.79 Å². The molecule has 0 fully saturated rings. The molecule has 0 bridgehead atoms. The molecule has 0 aliphatic heterocycles. The Bertz CT molecular complexity index is 344. The molecule has 0 aromatic carbocycles. The van der Waals surface area contributed by atoms with Crippen molar-refractivity contribution in [1.29, 1.82) is 0 Å². The fourth-order valence-corrected chi connectivity index (χ4v) is 2.21. The number of thioether (sulfide) groups is 1. The van der Waals surface area contributed by atoms with Crippen molar-refractivity contribution < 1.29 is 9.90 Å². The number of carbonyl (C=O) groups is 1. The molecule has 0 aliphatic rings. The van der Waals surface area contributed by atoms with Crippen molar-refractivity contribution in [1.82, 2.24) is 9.88 Å². The predicted molar refractivity (Wildman–Crippen MR) is 68.9 cm³/mol. The number of nitrogens with zero attached hydrogens (tertiary/aromatic N) is 2. The third kappa shape index (κ3) is 4.75. The van der Waals surface area contributed by atoms with E-state index in [-0.39, 0.29) is 18.6 Å². The number of rotatable bonds is 6. The van der Waals surface area contributed by atoms with Gasteiger partial charge in [0.2, 0.25) is 5.91 Å². The van der Waals surface area contributed by atoms with Gasteiger partial charge in [-0.3, -0.25) is 9.78 Å². The van der Waals surface area contributed by atoms with Crippen LogP contribution in [-0.4, -0.2) is 45.8 Å². The Balaban J connectivity index is 2.47. The number of aliphatic hydroxyl groups excluding tert-OH is 1. The number of hydrogen-bond donors (Lipinski definition) is 1. The second-order valence-electron chi connectivity index (χ2n) is 3.88. The molecule has 0 radical (unpaired) electrons. The lowest BCUT2D eigenvalue weighted by molar-refractivity contribution is -0.130. The van der Waals surface area contributed by atoms with E-state index in [4.69, 9.17) is 5.11 Å². The maximum absolute atomic E-state index is 11.9. The molecular formula is C12H18N2O2S. The summed E-state index contributed by atoms with van der Waals surface area (Å²) < 4.78 is 0. The molecule has 1 aromatic rings. The molecule has 1 rings (SSSR count). The van der Waals surface area contributed by atoms with E-state index in [9.17, 15) is 4.79 Å². The number of aliphatic hydroxyl groups is 1. The van der Waals surface area contributed by atoms with Crippen LogP contribution in [0.4, 0.5) is 0 Å². The highest BCUT2D eigenvalue weighted by atomic mass is 32.2. The molecule has 0 spiro atoms. The Morgan fingerprint density at radius 2 is 2.12 bits per heavy atom. The largest absolute Gasteiger partial charge is 0.395 e. The third-order valence-corrected chi connectivity index (χ3v) is 3.29. The zero-order chi connectivity index (χ0) is 12.7. The van der Waals surface area contributed by atoms with Gasteiger partial charge in [-0.25, -0.2) is 0 Å². The highest BCUT2D eigenvalue weighted by Gasteiger charge is 2.16. The fraction of sp³-hybridized carbons (Fsp3) is 0.500. The molecule has 1 heterocycles. The second-order valence-corrected chi connectivity index (χ2v) is 4.92. The third-order valence-electron chi connectivity index (χ3n) is 2.30. The Morgan fingerprint density at radius 1 is 1.47 bits per heavy atom. The van der Waals surface area contributed by atoms with Gasteiger partial charge in [0.05, 0.1) is 12.4 Å². The molecule has 0 unspecified atom stereocenters. The van der Waals surface area contributed by atoms with Gasteiger partial charge in [0.25, 0.3) is 0 Å². The molecule has 1 amide bonds. The average molecular weight is 254 g/mol. The highest BCUT2D eigenvalue weighted by Crippen LogP contribution is 2.17. The number of carbonyl (C=O) groups excluding carboxylic acids is 1. The van der Waals surface area contributed by atoms with Crippen LogP contribution in [0, 0.1) is 0 Å². The maximum Gasteiger partial charge on any atom is 0.233 e. The van der Waals surface area contributed by atoms with E-state index in [1.807, 2.05) is 26.0 Å². The Hall–Kier alpha value is -1.07. The molecule has 94 valence electrons. The molecule has 0 aliphatic carbocycles. The van der Waals surface area contributed by atoms with Gasteiger partial charge in [0, 0.05) is 29.9 Å². The van der Waals surface area contributed by atoms with Gasteiger partial charge >= 0.3 is 0 Å². The molecule has 0 saturated heterocycles. The van der Waals surface area contributed by atoms with Crippen molar-refractivity contribution >= 4 is 17.7 Å². The van der Waals surface area contributed by atoms with Crippen molar-refractivity contribution in [3.05, 3.63) is 24.5 Å². The zero-order valence-electron chi connectivity index (χ0n) is 10.2. The number of hydrogen-bond acceptors (Lipinski definition) is 4. The fourth-order valence-electron chi connectivity index (χ4n) is 1.44. The maximum atomic E-state index is 11.9. The first-order chi connectivity index (χ1) is 8.15. The molecule has 0 atom stereocenters. The van der Waals surface area contributed by atoms with Crippen LogP contribution in [0.1, 0.15) is 13.8 Å². The lowest BCUT2D eigenvalue weighted by Crippen LogP contribution is -2.40. The zero-order valence-corrected chi connectivity index (χ0v) is 11.0. The summed E-state index contributed by atoms with van der Waals surface area (Å²) in [4.78, 5) is 18.6. The molecular weight excluding hydrogens is 236 g/mol. The van der Waals surface area contributed by atoms with Crippen molar-refractivity contribution in [2.75, 3.05) is 18.9 Å². The van der Waals surface area contributed by atoms with Gasteiger partial charge in [-0.15, -0.1) is 11.8 Å². The van der Waals surface area contributed by atoms with Gasteiger partial charge in [-0.2, -0.15) is 0 Å². The van der Waals surface area contributed by atoms with Crippen molar-refractivity contribution in [3.8, 4) is 0 Å². The van der Waals surface area contributed by atoms with Gasteiger partial charge in [-0.1, -0.05) is 0 Å². The van der Waals surface area contributed by atoms with Crippen LogP contribution >= 0.6 is 11.8 Å². The topological polar surface area (TPSA) is 53.4 Å². The van der Waals surface area contributed by atoms with E-state index in [1.54, 1.807) is 17.3 Å². The molecule has 4 nitrogen and oxygen atoms in total. The van der Waals surface area contributed by atoms with E-state index in [2.05, 4.69) is 4.98 Å². The first-order valence-electron chi connectivity index (χ1n) is 5.58. The first-order valence-corrected chi connectivity index (χ1v) is 6.57. The van der Waals surface area contributed by atoms with E-state index in [0.29, 0.717) is 12.3 Å². The normalized spacial score (nSPS) is 10.6. The lowest BCUT2D eigenvalue weighted by Gasteiger charge is -2.25. The summed E-state index contributed by atoms with van der Waals surface area (Å²) in [5.41, 5.74) is 0. The van der Waals surface area contributed by atoms with E-state index in [0.717, 1.165) is 4.90 Å². The van der Waals surface area contributed by atoms with E-state index < -0.39 is 0 Å². The van der Waals surface area contributed by atoms with Crippen LogP contribution in [0.2, 0.25) is 0 Å². The molecule has 1 N–H and O–H groups in total. The summed E-state index contributed by atoms with van der Waals surface area (Å²) in [7, 11) is 0. The summed E-state index contributed by atoms with van der Waals surface area (Å²) in [5, 5.41) is 8.91. The smallest absolute Gasteiger partial charge is 0.233 e. The highest BCUT2D eigenvalue weighted by molar-refractivity contribution is 8.00. The van der Waals surface area contributed by atoms with Crippen LogP contribution in [0.3, 0.4) is 0 Å². The van der Waals surface area contributed by atoms with Crippen LogP contribution in [0.15, 0.2) is 29.4 Å². The Kier molecular flexibility index (Phi) is 6.00.